The zero-order chi connectivity index (χ0) is 17.1. The van der Waals surface area contributed by atoms with E-state index in [1.54, 1.807) is 28.3 Å². The van der Waals surface area contributed by atoms with Crippen LogP contribution in [0.3, 0.4) is 0 Å². The highest BCUT2D eigenvalue weighted by Crippen LogP contribution is 2.23. The Hall–Kier alpha value is -3.25. The third-order valence-corrected chi connectivity index (χ3v) is 4.60. The van der Waals surface area contributed by atoms with Gasteiger partial charge in [0.25, 0.3) is 0 Å². The lowest BCUT2D eigenvalue weighted by Crippen LogP contribution is -2.10. The zero-order valence-corrected chi connectivity index (χ0v) is 14.0. The summed E-state index contributed by atoms with van der Waals surface area (Å²) in [7, 11) is 0. The van der Waals surface area contributed by atoms with Crippen LogP contribution in [0.25, 0.3) is 22.0 Å². The van der Waals surface area contributed by atoms with Crippen molar-refractivity contribution in [2.75, 3.05) is 5.32 Å². The standard InChI is InChI=1S/C19H14N4OS/c24-18(10-11-19-22-15-7-2-4-9-17(15)25-19)21-14-6-1-3-8-16(14)23-13-5-12-20-23/h1-13H,(H,21,24)/b11-10+. The van der Waals surface area contributed by atoms with Gasteiger partial charge in [-0.25, -0.2) is 9.67 Å². The molecule has 122 valence electrons. The molecular formula is C19H14N4OS. The van der Waals surface area contributed by atoms with Gasteiger partial charge in [0.2, 0.25) is 5.91 Å². The second kappa shape index (κ2) is 6.70. The van der Waals surface area contributed by atoms with E-state index >= 15 is 0 Å². The molecule has 5 nitrogen and oxygen atoms in total. The summed E-state index contributed by atoms with van der Waals surface area (Å²) in [6.45, 7) is 0. The summed E-state index contributed by atoms with van der Waals surface area (Å²) in [4.78, 5) is 16.8. The molecule has 0 spiro atoms. The Bertz CT molecular complexity index is 1020. The molecular weight excluding hydrogens is 332 g/mol. The lowest BCUT2D eigenvalue weighted by atomic mass is 10.2. The monoisotopic (exact) mass is 346 g/mol. The van der Waals surface area contributed by atoms with Crippen LogP contribution in [0.1, 0.15) is 5.01 Å². The molecule has 0 unspecified atom stereocenters. The first-order valence-electron chi connectivity index (χ1n) is 7.73. The number of amides is 1. The average Bonchev–Trinajstić information content (AvgIpc) is 3.30. The fourth-order valence-corrected chi connectivity index (χ4v) is 3.34. The number of aromatic nitrogens is 3. The fraction of sp³-hybridized carbons (Fsp3) is 0. The second-order valence-electron chi connectivity index (χ2n) is 5.31. The van der Waals surface area contributed by atoms with E-state index in [-0.39, 0.29) is 5.91 Å². The van der Waals surface area contributed by atoms with Crippen LogP contribution < -0.4 is 5.32 Å². The summed E-state index contributed by atoms with van der Waals surface area (Å²) >= 11 is 1.55. The second-order valence-corrected chi connectivity index (χ2v) is 6.37. The van der Waals surface area contributed by atoms with E-state index in [9.17, 15) is 4.79 Å². The molecule has 0 atom stereocenters. The van der Waals surface area contributed by atoms with Crippen LogP contribution in [-0.4, -0.2) is 20.7 Å². The number of hydrogen-bond donors (Lipinski definition) is 1. The highest BCUT2D eigenvalue weighted by Gasteiger charge is 2.07. The number of hydrogen-bond acceptors (Lipinski definition) is 4. The van der Waals surface area contributed by atoms with Crippen molar-refractivity contribution in [3.05, 3.63) is 78.1 Å². The van der Waals surface area contributed by atoms with Crippen LogP contribution in [0.5, 0.6) is 0 Å². The number of benzene rings is 2. The van der Waals surface area contributed by atoms with Gasteiger partial charge in [-0.3, -0.25) is 4.79 Å². The molecule has 0 saturated heterocycles. The summed E-state index contributed by atoms with van der Waals surface area (Å²) < 4.78 is 2.82. The molecule has 4 rings (SSSR count). The van der Waals surface area contributed by atoms with Crippen LogP contribution in [0.2, 0.25) is 0 Å². The van der Waals surface area contributed by atoms with E-state index in [1.807, 2.05) is 60.8 Å². The van der Waals surface area contributed by atoms with Crippen LogP contribution in [0, 0.1) is 0 Å². The van der Waals surface area contributed by atoms with E-state index < -0.39 is 0 Å². The van der Waals surface area contributed by atoms with Crippen molar-refractivity contribution >= 4 is 39.2 Å². The Morgan fingerprint density at radius 3 is 2.76 bits per heavy atom. The van der Waals surface area contributed by atoms with Crippen molar-refractivity contribution in [1.29, 1.82) is 0 Å². The number of para-hydroxylation sites is 3. The van der Waals surface area contributed by atoms with Crippen LogP contribution >= 0.6 is 11.3 Å². The Balaban J connectivity index is 1.53. The van der Waals surface area contributed by atoms with Crippen LogP contribution in [0.4, 0.5) is 5.69 Å². The van der Waals surface area contributed by atoms with Crippen molar-refractivity contribution < 1.29 is 4.79 Å². The fourth-order valence-electron chi connectivity index (χ4n) is 2.47. The first kappa shape index (κ1) is 15.3. The average molecular weight is 346 g/mol. The minimum absolute atomic E-state index is 0.209. The van der Waals surface area contributed by atoms with Gasteiger partial charge in [0.1, 0.15) is 5.01 Å². The molecule has 6 heteroatoms. The van der Waals surface area contributed by atoms with Gasteiger partial charge in [0, 0.05) is 18.5 Å². The van der Waals surface area contributed by atoms with Crippen molar-refractivity contribution in [1.82, 2.24) is 14.8 Å². The predicted octanol–water partition coefficient (Wildman–Crippen LogP) is 4.13. The Morgan fingerprint density at radius 1 is 1.08 bits per heavy atom. The van der Waals surface area contributed by atoms with Gasteiger partial charge >= 0.3 is 0 Å². The molecule has 0 saturated carbocycles. The molecule has 0 aliphatic rings. The molecule has 25 heavy (non-hydrogen) atoms. The number of nitrogens with zero attached hydrogens (tertiary/aromatic N) is 3. The maximum atomic E-state index is 12.3. The summed E-state index contributed by atoms with van der Waals surface area (Å²) in [6, 6.07) is 17.3. The Morgan fingerprint density at radius 2 is 1.92 bits per heavy atom. The van der Waals surface area contributed by atoms with Gasteiger partial charge in [0.15, 0.2) is 0 Å². The van der Waals surface area contributed by atoms with Crippen molar-refractivity contribution in [2.45, 2.75) is 0 Å². The van der Waals surface area contributed by atoms with Crippen molar-refractivity contribution in [2.24, 2.45) is 0 Å². The number of anilines is 1. The van der Waals surface area contributed by atoms with Gasteiger partial charge in [-0.05, 0) is 36.4 Å². The maximum Gasteiger partial charge on any atom is 0.248 e. The Labute approximate surface area is 148 Å². The third kappa shape index (κ3) is 3.34. The highest BCUT2D eigenvalue weighted by atomic mass is 32.1. The predicted molar refractivity (Wildman–Crippen MR) is 101 cm³/mol. The van der Waals surface area contributed by atoms with Crippen molar-refractivity contribution in [3.63, 3.8) is 0 Å². The third-order valence-electron chi connectivity index (χ3n) is 3.60. The van der Waals surface area contributed by atoms with Gasteiger partial charge in [-0.15, -0.1) is 11.3 Å². The van der Waals surface area contributed by atoms with E-state index in [1.165, 1.54) is 6.08 Å². The topological polar surface area (TPSA) is 59.8 Å². The maximum absolute atomic E-state index is 12.3. The number of carbonyl (C=O) groups excluding carboxylic acids is 1. The van der Waals surface area contributed by atoms with Gasteiger partial charge in [0.05, 0.1) is 21.6 Å². The lowest BCUT2D eigenvalue weighted by Gasteiger charge is -2.09. The minimum Gasteiger partial charge on any atom is -0.321 e. The first-order chi connectivity index (χ1) is 12.3. The smallest absolute Gasteiger partial charge is 0.248 e. The number of fused-ring (bicyclic) bond motifs is 1. The molecule has 0 radical (unpaired) electrons. The number of rotatable bonds is 4. The van der Waals surface area contributed by atoms with Gasteiger partial charge in [-0.1, -0.05) is 24.3 Å². The summed E-state index contributed by atoms with van der Waals surface area (Å²) in [5, 5.41) is 7.91. The van der Waals surface area contributed by atoms with E-state index in [0.29, 0.717) is 5.69 Å². The van der Waals surface area contributed by atoms with Crippen LogP contribution in [0.15, 0.2) is 73.1 Å². The number of carbonyl (C=O) groups is 1. The molecule has 2 heterocycles. The molecule has 4 aromatic rings. The molecule has 0 aliphatic heterocycles. The highest BCUT2D eigenvalue weighted by molar-refractivity contribution is 7.19. The number of nitrogens with one attached hydrogen (secondary N) is 1. The molecule has 2 aromatic heterocycles. The lowest BCUT2D eigenvalue weighted by molar-refractivity contribution is -0.111. The minimum atomic E-state index is -0.209. The SMILES string of the molecule is O=C(/C=C/c1nc2ccccc2s1)Nc1ccccc1-n1cccn1. The van der Waals surface area contributed by atoms with Crippen LogP contribution in [-0.2, 0) is 4.79 Å². The molecule has 0 aliphatic carbocycles. The molecule has 1 N–H and O–H groups in total. The molecule has 0 bridgehead atoms. The zero-order valence-electron chi connectivity index (χ0n) is 13.2. The summed E-state index contributed by atoms with van der Waals surface area (Å²) in [5.41, 5.74) is 2.45. The first-order valence-corrected chi connectivity index (χ1v) is 8.55. The molecule has 1 amide bonds. The summed E-state index contributed by atoms with van der Waals surface area (Å²) in [6.07, 6.45) is 6.77. The molecule has 0 fully saturated rings. The van der Waals surface area contributed by atoms with Gasteiger partial charge in [-0.2, -0.15) is 5.10 Å². The largest absolute Gasteiger partial charge is 0.321 e. The summed E-state index contributed by atoms with van der Waals surface area (Å²) in [5.74, 6) is -0.209. The van der Waals surface area contributed by atoms with E-state index in [4.69, 9.17) is 0 Å². The van der Waals surface area contributed by atoms with E-state index in [0.717, 1.165) is 20.9 Å². The van der Waals surface area contributed by atoms with E-state index in [2.05, 4.69) is 15.4 Å². The quantitative estimate of drug-likeness (QED) is 0.565. The number of thiazole rings is 1. The Kier molecular flexibility index (Phi) is 4.10. The van der Waals surface area contributed by atoms with Gasteiger partial charge < -0.3 is 5.32 Å². The molecule has 2 aromatic carbocycles. The van der Waals surface area contributed by atoms with Crippen molar-refractivity contribution in [3.8, 4) is 5.69 Å². The normalized spacial score (nSPS) is 11.2.